The maximum absolute atomic E-state index is 12.2. The number of pyridine rings is 1. The lowest BCUT2D eigenvalue weighted by molar-refractivity contribution is -0.154. The highest BCUT2D eigenvalue weighted by atomic mass is 32.1. The Balaban J connectivity index is 1.93. The lowest BCUT2D eigenvalue weighted by atomic mass is 10.2. The highest BCUT2D eigenvalue weighted by molar-refractivity contribution is 7.09. The van der Waals surface area contributed by atoms with E-state index in [0.717, 1.165) is 4.88 Å². The van der Waals surface area contributed by atoms with E-state index in [-0.39, 0.29) is 11.4 Å². The van der Waals surface area contributed by atoms with Crippen molar-refractivity contribution in [3.8, 4) is 5.88 Å². The van der Waals surface area contributed by atoms with E-state index >= 15 is 0 Å². The maximum atomic E-state index is 12.2. The predicted molar refractivity (Wildman–Crippen MR) is 76.1 cm³/mol. The minimum atomic E-state index is -4.48. The molecule has 4 nitrogen and oxygen atoms in total. The van der Waals surface area contributed by atoms with E-state index in [1.165, 1.54) is 18.3 Å². The Labute approximate surface area is 128 Å². The minimum Gasteiger partial charge on any atom is -0.467 e. The van der Waals surface area contributed by atoms with Crippen molar-refractivity contribution < 1.29 is 22.7 Å². The molecule has 0 aliphatic carbocycles. The lowest BCUT2D eigenvalue weighted by Gasteiger charge is -2.11. The fourth-order valence-corrected chi connectivity index (χ4v) is 2.39. The second-order valence-electron chi connectivity index (χ2n) is 4.35. The quantitative estimate of drug-likeness (QED) is 0.886. The summed E-state index contributed by atoms with van der Waals surface area (Å²) >= 11 is 1.57. The van der Waals surface area contributed by atoms with Crippen LogP contribution in [0.2, 0.25) is 0 Å². The first-order chi connectivity index (χ1) is 10.5. The molecule has 1 amide bonds. The Bertz CT molecular complexity index is 615. The van der Waals surface area contributed by atoms with Crippen LogP contribution in [-0.2, 0) is 6.42 Å². The molecule has 2 aromatic heterocycles. The molecule has 0 aliphatic rings. The molecule has 0 atom stereocenters. The van der Waals surface area contributed by atoms with Crippen molar-refractivity contribution in [3.05, 3.63) is 46.3 Å². The van der Waals surface area contributed by atoms with Crippen molar-refractivity contribution >= 4 is 17.2 Å². The Morgan fingerprint density at radius 3 is 2.82 bits per heavy atom. The summed E-state index contributed by atoms with van der Waals surface area (Å²) in [6, 6.07) is 6.69. The van der Waals surface area contributed by atoms with Crippen molar-refractivity contribution in [1.29, 1.82) is 0 Å². The molecule has 2 rings (SSSR count). The van der Waals surface area contributed by atoms with E-state index in [2.05, 4.69) is 15.0 Å². The summed E-state index contributed by atoms with van der Waals surface area (Å²) in [5, 5.41) is 4.57. The summed E-state index contributed by atoms with van der Waals surface area (Å²) < 4.78 is 41.1. The first kappa shape index (κ1) is 16.3. The minimum absolute atomic E-state index is 0.0158. The molecule has 0 aliphatic heterocycles. The van der Waals surface area contributed by atoms with Gasteiger partial charge in [0.05, 0.1) is 0 Å². The van der Waals surface area contributed by atoms with E-state index in [1.54, 1.807) is 11.3 Å². The van der Waals surface area contributed by atoms with E-state index < -0.39 is 18.7 Å². The number of hydrogen-bond donors (Lipinski definition) is 1. The van der Waals surface area contributed by atoms with Crippen molar-refractivity contribution in [2.75, 3.05) is 13.2 Å². The van der Waals surface area contributed by atoms with E-state index in [9.17, 15) is 18.0 Å². The fraction of sp³-hybridized carbons (Fsp3) is 0.286. The fourth-order valence-electron chi connectivity index (χ4n) is 1.68. The average molecular weight is 330 g/mol. The van der Waals surface area contributed by atoms with Gasteiger partial charge in [-0.05, 0) is 30.0 Å². The molecule has 8 heteroatoms. The van der Waals surface area contributed by atoms with Crippen molar-refractivity contribution in [2.45, 2.75) is 12.6 Å². The molecule has 118 valence electrons. The Morgan fingerprint density at radius 2 is 2.14 bits per heavy atom. The third kappa shape index (κ3) is 5.03. The molecule has 0 unspecified atom stereocenters. The van der Waals surface area contributed by atoms with Crippen LogP contribution in [-0.4, -0.2) is 30.2 Å². The lowest BCUT2D eigenvalue weighted by Crippen LogP contribution is -2.27. The van der Waals surface area contributed by atoms with Gasteiger partial charge in [-0.25, -0.2) is 4.98 Å². The zero-order valence-electron chi connectivity index (χ0n) is 11.4. The number of nitrogens with one attached hydrogen (secondary N) is 1. The molecular formula is C14H13F3N2O2S. The number of carbonyl (C=O) groups excluding carboxylic acids is 1. The number of hydrogen-bond acceptors (Lipinski definition) is 4. The third-order valence-electron chi connectivity index (χ3n) is 2.63. The number of alkyl halides is 3. The van der Waals surface area contributed by atoms with E-state index in [4.69, 9.17) is 0 Å². The van der Waals surface area contributed by atoms with Gasteiger partial charge in [-0.15, -0.1) is 11.3 Å². The maximum Gasteiger partial charge on any atom is 0.422 e. The van der Waals surface area contributed by atoms with Crippen LogP contribution in [0.15, 0.2) is 35.8 Å². The molecule has 1 N–H and O–H groups in total. The molecule has 0 bridgehead atoms. The predicted octanol–water partition coefficient (Wildman–Crippen LogP) is 3.06. The Kier molecular flexibility index (Phi) is 5.37. The summed E-state index contributed by atoms with van der Waals surface area (Å²) in [5.74, 6) is -0.838. The number of amides is 1. The summed E-state index contributed by atoms with van der Waals surface area (Å²) in [4.78, 5) is 16.8. The molecule has 0 aromatic carbocycles. The van der Waals surface area contributed by atoms with Crippen LogP contribution < -0.4 is 10.1 Å². The van der Waals surface area contributed by atoms with Crippen LogP contribution in [0.5, 0.6) is 5.88 Å². The topological polar surface area (TPSA) is 51.2 Å². The van der Waals surface area contributed by atoms with E-state index in [1.807, 2.05) is 17.5 Å². The van der Waals surface area contributed by atoms with Gasteiger partial charge in [-0.3, -0.25) is 4.79 Å². The average Bonchev–Trinajstić information content (AvgIpc) is 2.98. The number of rotatable bonds is 6. The van der Waals surface area contributed by atoms with Crippen LogP contribution >= 0.6 is 11.3 Å². The molecule has 0 fully saturated rings. The highest BCUT2D eigenvalue weighted by Crippen LogP contribution is 2.20. The van der Waals surface area contributed by atoms with Crippen molar-refractivity contribution in [1.82, 2.24) is 10.3 Å². The summed E-state index contributed by atoms with van der Waals surface area (Å²) in [5.41, 5.74) is -0.0158. The van der Waals surface area contributed by atoms with Crippen LogP contribution in [0, 0.1) is 0 Å². The van der Waals surface area contributed by atoms with Gasteiger partial charge in [0.1, 0.15) is 5.56 Å². The van der Waals surface area contributed by atoms with Gasteiger partial charge in [0.25, 0.3) is 5.91 Å². The molecular weight excluding hydrogens is 317 g/mol. The van der Waals surface area contributed by atoms with Gasteiger partial charge in [0.15, 0.2) is 6.61 Å². The molecule has 0 spiro atoms. The number of carbonyl (C=O) groups is 1. The van der Waals surface area contributed by atoms with Crippen LogP contribution in [0.25, 0.3) is 0 Å². The van der Waals surface area contributed by atoms with Gasteiger partial charge >= 0.3 is 6.18 Å². The summed E-state index contributed by atoms with van der Waals surface area (Å²) in [6.07, 6.45) is -2.55. The number of nitrogens with zero attached hydrogens (tertiary/aromatic N) is 1. The zero-order valence-corrected chi connectivity index (χ0v) is 12.2. The van der Waals surface area contributed by atoms with Gasteiger partial charge in [0.2, 0.25) is 5.88 Å². The number of thiophene rings is 1. The third-order valence-corrected chi connectivity index (χ3v) is 3.56. The normalized spacial score (nSPS) is 11.2. The largest absolute Gasteiger partial charge is 0.467 e. The summed E-state index contributed by atoms with van der Waals surface area (Å²) in [7, 11) is 0. The Hall–Kier alpha value is -2.09. The number of halogens is 3. The number of aromatic nitrogens is 1. The summed E-state index contributed by atoms with van der Waals surface area (Å²) in [6.45, 7) is -1.10. The standard InChI is InChI=1S/C14H13F3N2O2S/c15-14(16,17)9-21-13-11(4-1-6-19-13)12(20)18-7-5-10-3-2-8-22-10/h1-4,6,8H,5,7,9H2,(H,18,20). The Morgan fingerprint density at radius 1 is 1.32 bits per heavy atom. The molecule has 0 saturated heterocycles. The first-order valence-electron chi connectivity index (χ1n) is 6.41. The molecule has 22 heavy (non-hydrogen) atoms. The zero-order chi connectivity index (χ0) is 16.0. The number of ether oxygens (including phenoxy) is 1. The van der Waals surface area contributed by atoms with Crippen LogP contribution in [0.1, 0.15) is 15.2 Å². The van der Waals surface area contributed by atoms with Gasteiger partial charge in [-0.1, -0.05) is 6.07 Å². The second-order valence-corrected chi connectivity index (χ2v) is 5.38. The van der Waals surface area contributed by atoms with Gasteiger partial charge in [-0.2, -0.15) is 13.2 Å². The van der Waals surface area contributed by atoms with Crippen LogP contribution in [0.4, 0.5) is 13.2 Å². The first-order valence-corrected chi connectivity index (χ1v) is 7.29. The van der Waals surface area contributed by atoms with Gasteiger partial charge < -0.3 is 10.1 Å². The van der Waals surface area contributed by atoms with Crippen LogP contribution in [0.3, 0.4) is 0 Å². The SMILES string of the molecule is O=C(NCCc1cccs1)c1cccnc1OCC(F)(F)F. The highest BCUT2D eigenvalue weighted by Gasteiger charge is 2.29. The van der Waals surface area contributed by atoms with Crippen molar-refractivity contribution in [2.24, 2.45) is 0 Å². The van der Waals surface area contributed by atoms with Crippen molar-refractivity contribution in [3.63, 3.8) is 0 Å². The van der Waals surface area contributed by atoms with Gasteiger partial charge in [0, 0.05) is 17.6 Å². The molecule has 0 radical (unpaired) electrons. The second kappa shape index (κ2) is 7.26. The molecule has 2 heterocycles. The van der Waals surface area contributed by atoms with E-state index in [0.29, 0.717) is 13.0 Å². The smallest absolute Gasteiger partial charge is 0.422 e. The molecule has 0 saturated carbocycles. The monoisotopic (exact) mass is 330 g/mol. The molecule has 2 aromatic rings.